The zero-order valence-electron chi connectivity index (χ0n) is 12.3. The monoisotopic (exact) mass is 299 g/mol. The van der Waals surface area contributed by atoms with E-state index in [2.05, 4.69) is 18.8 Å². The van der Waals surface area contributed by atoms with Crippen LogP contribution in [-0.2, 0) is 16.6 Å². The molecule has 1 aromatic rings. The Kier molecular flexibility index (Phi) is 4.88. The maximum atomic E-state index is 12.6. The lowest BCUT2D eigenvalue weighted by molar-refractivity contribution is 0.341. The summed E-state index contributed by atoms with van der Waals surface area (Å²) in [6.07, 6.45) is 4.55. The van der Waals surface area contributed by atoms with E-state index in [1.807, 2.05) is 0 Å². The average Bonchev–Trinajstić information content (AvgIpc) is 2.75. The molecule has 20 heavy (non-hydrogen) atoms. The molecule has 0 saturated carbocycles. The Morgan fingerprint density at radius 1 is 1.40 bits per heavy atom. The number of nitrogens with zero attached hydrogens (tertiary/aromatic N) is 1. The Bertz CT molecular complexity index is 536. The van der Waals surface area contributed by atoms with Crippen LogP contribution in [-0.4, -0.2) is 30.8 Å². The van der Waals surface area contributed by atoms with Crippen molar-refractivity contribution in [1.82, 2.24) is 9.29 Å². The Labute approximate surface area is 121 Å². The summed E-state index contributed by atoms with van der Waals surface area (Å²) >= 11 is 0. The van der Waals surface area contributed by atoms with Crippen LogP contribution in [0.5, 0.6) is 0 Å². The van der Waals surface area contributed by atoms with E-state index in [0.29, 0.717) is 36.4 Å². The lowest BCUT2D eigenvalue weighted by Gasteiger charge is -2.20. The summed E-state index contributed by atoms with van der Waals surface area (Å²) in [7, 11) is -3.38. The van der Waals surface area contributed by atoms with Crippen molar-refractivity contribution in [3.05, 3.63) is 18.0 Å². The van der Waals surface area contributed by atoms with Gasteiger partial charge in [-0.2, -0.15) is 4.31 Å². The molecule has 0 bridgehead atoms. The van der Waals surface area contributed by atoms with Crippen molar-refractivity contribution < 1.29 is 8.42 Å². The zero-order valence-corrected chi connectivity index (χ0v) is 13.1. The second-order valence-corrected chi connectivity index (χ2v) is 7.84. The van der Waals surface area contributed by atoms with Crippen LogP contribution in [0.1, 0.15) is 38.8 Å². The van der Waals surface area contributed by atoms with E-state index in [4.69, 9.17) is 5.73 Å². The van der Waals surface area contributed by atoms with E-state index >= 15 is 0 Å². The van der Waals surface area contributed by atoms with Crippen LogP contribution in [0.3, 0.4) is 0 Å². The van der Waals surface area contributed by atoms with Crippen LogP contribution in [0.15, 0.2) is 17.2 Å². The molecule has 0 amide bonds. The normalized spacial score (nSPS) is 22.1. The molecule has 1 atom stereocenters. The summed E-state index contributed by atoms with van der Waals surface area (Å²) < 4.78 is 26.8. The third kappa shape index (κ3) is 3.24. The number of hydrogen-bond donors (Lipinski definition) is 2. The van der Waals surface area contributed by atoms with Gasteiger partial charge in [-0.25, -0.2) is 8.42 Å². The van der Waals surface area contributed by atoms with Crippen molar-refractivity contribution in [2.45, 2.75) is 44.6 Å². The lowest BCUT2D eigenvalue weighted by atomic mass is 9.89. The van der Waals surface area contributed by atoms with Crippen molar-refractivity contribution in [1.29, 1.82) is 0 Å². The summed E-state index contributed by atoms with van der Waals surface area (Å²) in [5.41, 5.74) is 6.27. The summed E-state index contributed by atoms with van der Waals surface area (Å²) in [6, 6.07) is 1.64. The summed E-state index contributed by atoms with van der Waals surface area (Å²) in [5.74, 6) is 1.25. The first-order chi connectivity index (χ1) is 9.45. The van der Waals surface area contributed by atoms with E-state index in [1.54, 1.807) is 16.6 Å². The van der Waals surface area contributed by atoms with Crippen LogP contribution in [0.4, 0.5) is 0 Å². The maximum Gasteiger partial charge on any atom is 0.244 e. The lowest BCUT2D eigenvalue weighted by Crippen LogP contribution is -2.32. The Morgan fingerprint density at radius 3 is 2.75 bits per heavy atom. The number of H-pyrrole nitrogens is 1. The molecule has 0 spiro atoms. The first kappa shape index (κ1) is 15.5. The van der Waals surface area contributed by atoms with Gasteiger partial charge < -0.3 is 10.7 Å². The molecule has 6 heteroatoms. The fourth-order valence-corrected chi connectivity index (χ4v) is 4.35. The first-order valence-electron chi connectivity index (χ1n) is 7.32. The molecule has 0 aliphatic carbocycles. The van der Waals surface area contributed by atoms with Crippen molar-refractivity contribution >= 4 is 10.0 Å². The second kappa shape index (κ2) is 6.28. The summed E-state index contributed by atoms with van der Waals surface area (Å²) in [5, 5.41) is 0. The molecular weight excluding hydrogens is 274 g/mol. The fraction of sp³-hybridized carbons (Fsp3) is 0.714. The number of rotatable bonds is 4. The van der Waals surface area contributed by atoms with Crippen LogP contribution in [0.2, 0.25) is 0 Å². The van der Waals surface area contributed by atoms with Crippen LogP contribution in [0, 0.1) is 11.8 Å². The number of sulfonamides is 1. The summed E-state index contributed by atoms with van der Waals surface area (Å²) in [4.78, 5) is 3.25. The molecule has 5 nitrogen and oxygen atoms in total. The van der Waals surface area contributed by atoms with Gasteiger partial charge in [0.2, 0.25) is 10.0 Å². The van der Waals surface area contributed by atoms with Crippen LogP contribution >= 0.6 is 0 Å². The third-order valence-corrected chi connectivity index (χ3v) is 6.12. The number of hydrogen-bond acceptors (Lipinski definition) is 3. The van der Waals surface area contributed by atoms with Gasteiger partial charge in [-0.1, -0.05) is 13.8 Å². The molecule has 2 heterocycles. The molecule has 1 aromatic heterocycles. The van der Waals surface area contributed by atoms with Crippen molar-refractivity contribution in [3.8, 4) is 0 Å². The highest BCUT2D eigenvalue weighted by molar-refractivity contribution is 7.89. The fourth-order valence-electron chi connectivity index (χ4n) is 2.84. The van der Waals surface area contributed by atoms with Gasteiger partial charge in [-0.05, 0) is 37.2 Å². The van der Waals surface area contributed by atoms with Gasteiger partial charge in [0.25, 0.3) is 0 Å². The van der Waals surface area contributed by atoms with Crippen molar-refractivity contribution in [2.75, 3.05) is 13.1 Å². The molecule has 1 aliphatic rings. The van der Waals surface area contributed by atoms with Gasteiger partial charge in [0.15, 0.2) is 0 Å². The van der Waals surface area contributed by atoms with E-state index in [-0.39, 0.29) is 0 Å². The summed E-state index contributed by atoms with van der Waals surface area (Å²) in [6.45, 7) is 6.00. The highest BCUT2D eigenvalue weighted by Crippen LogP contribution is 2.27. The Balaban J connectivity index is 2.13. The highest BCUT2D eigenvalue weighted by Gasteiger charge is 2.29. The topological polar surface area (TPSA) is 79.2 Å². The van der Waals surface area contributed by atoms with Gasteiger partial charge >= 0.3 is 0 Å². The predicted molar refractivity (Wildman–Crippen MR) is 79.6 cm³/mol. The highest BCUT2D eigenvalue weighted by atomic mass is 32.2. The quantitative estimate of drug-likeness (QED) is 0.891. The molecular formula is C14H25N3O2S. The smallest absolute Gasteiger partial charge is 0.244 e. The molecule has 1 fully saturated rings. The largest absolute Gasteiger partial charge is 0.363 e. The van der Waals surface area contributed by atoms with E-state index < -0.39 is 10.0 Å². The molecule has 114 valence electrons. The molecule has 2 rings (SSSR count). The number of aromatic nitrogens is 1. The van der Waals surface area contributed by atoms with Gasteiger partial charge in [-0.15, -0.1) is 0 Å². The Morgan fingerprint density at radius 2 is 2.15 bits per heavy atom. The molecule has 3 N–H and O–H groups in total. The molecule has 0 radical (unpaired) electrons. The number of nitrogens with one attached hydrogen (secondary N) is 1. The first-order valence-corrected chi connectivity index (χ1v) is 8.76. The SMILES string of the molecule is CC(C)C1CCCN(S(=O)(=O)c2c[nH]c(CN)c2)CC1. The van der Waals surface area contributed by atoms with Gasteiger partial charge in [0.05, 0.1) is 4.90 Å². The van der Waals surface area contributed by atoms with Crippen LogP contribution < -0.4 is 5.73 Å². The zero-order chi connectivity index (χ0) is 14.8. The molecule has 0 aromatic carbocycles. The van der Waals surface area contributed by atoms with E-state index in [9.17, 15) is 8.42 Å². The number of aromatic amines is 1. The third-order valence-electron chi connectivity index (χ3n) is 4.25. The predicted octanol–water partition coefficient (Wildman–Crippen LogP) is 1.92. The average molecular weight is 299 g/mol. The minimum atomic E-state index is -3.38. The van der Waals surface area contributed by atoms with Gasteiger partial charge in [-0.3, -0.25) is 0 Å². The van der Waals surface area contributed by atoms with Crippen molar-refractivity contribution in [3.63, 3.8) is 0 Å². The molecule has 1 unspecified atom stereocenters. The minimum Gasteiger partial charge on any atom is -0.363 e. The Hall–Kier alpha value is -0.850. The standard InChI is InChI=1S/C14H25N3O2S/c1-11(2)12-4-3-6-17(7-5-12)20(18,19)14-8-13(9-15)16-10-14/h8,10-12,16H,3-7,9,15H2,1-2H3. The van der Waals surface area contributed by atoms with Crippen LogP contribution in [0.25, 0.3) is 0 Å². The maximum absolute atomic E-state index is 12.6. The second-order valence-electron chi connectivity index (χ2n) is 5.90. The molecule has 1 saturated heterocycles. The van der Waals surface area contributed by atoms with Crippen molar-refractivity contribution in [2.24, 2.45) is 17.6 Å². The van der Waals surface area contributed by atoms with Gasteiger partial charge in [0.1, 0.15) is 0 Å². The minimum absolute atomic E-state index is 0.324. The van der Waals surface area contributed by atoms with E-state index in [1.165, 1.54) is 0 Å². The van der Waals surface area contributed by atoms with E-state index in [0.717, 1.165) is 25.0 Å². The number of nitrogens with two attached hydrogens (primary N) is 1. The van der Waals surface area contributed by atoms with Gasteiger partial charge in [0, 0.05) is 31.5 Å². The molecule has 1 aliphatic heterocycles.